The van der Waals surface area contributed by atoms with Gasteiger partial charge in [0.1, 0.15) is 0 Å². The van der Waals surface area contributed by atoms with Crippen molar-refractivity contribution in [2.75, 3.05) is 13.1 Å². The molecule has 1 aromatic rings. The van der Waals surface area contributed by atoms with E-state index < -0.39 is 0 Å². The van der Waals surface area contributed by atoms with Crippen molar-refractivity contribution in [1.82, 2.24) is 14.9 Å². The van der Waals surface area contributed by atoms with Gasteiger partial charge in [-0.05, 0) is 38.3 Å². The molecular weight excluding hydrogens is 206 g/mol. The topological polar surface area (TPSA) is 66.9 Å². The monoisotopic (exact) mass is 223 g/mol. The Labute approximate surface area is 93.5 Å². The van der Waals surface area contributed by atoms with Gasteiger partial charge in [-0.15, -0.1) is 0 Å². The molecule has 0 amide bonds. The van der Waals surface area contributed by atoms with Crippen LogP contribution in [0.5, 0.6) is 0 Å². The summed E-state index contributed by atoms with van der Waals surface area (Å²) >= 11 is 0. The molecule has 1 aliphatic rings. The van der Waals surface area contributed by atoms with Crippen molar-refractivity contribution in [1.29, 1.82) is 0 Å². The fourth-order valence-corrected chi connectivity index (χ4v) is 2.11. The van der Waals surface area contributed by atoms with E-state index in [9.17, 15) is 9.59 Å². The van der Waals surface area contributed by atoms with Crippen LogP contribution in [-0.4, -0.2) is 22.6 Å². The fourth-order valence-electron chi connectivity index (χ4n) is 2.11. The number of H-pyrrole nitrogens is 1. The molecule has 0 unspecified atom stereocenters. The van der Waals surface area contributed by atoms with E-state index in [4.69, 9.17) is 0 Å². The van der Waals surface area contributed by atoms with Gasteiger partial charge in [-0.25, -0.2) is 4.79 Å². The lowest BCUT2D eigenvalue weighted by Gasteiger charge is -2.22. The molecule has 5 heteroatoms. The smallest absolute Gasteiger partial charge is 0.317 e. The summed E-state index contributed by atoms with van der Waals surface area (Å²) in [4.78, 5) is 25.6. The van der Waals surface area contributed by atoms with Crippen LogP contribution >= 0.6 is 0 Å². The van der Waals surface area contributed by atoms with E-state index in [2.05, 4.69) is 10.3 Å². The average molecular weight is 223 g/mol. The molecule has 1 aromatic heterocycles. The Balaban J connectivity index is 2.15. The molecule has 0 aliphatic carbocycles. The number of nitrogens with zero attached hydrogens (tertiary/aromatic N) is 1. The summed E-state index contributed by atoms with van der Waals surface area (Å²) in [7, 11) is 1.48. The van der Waals surface area contributed by atoms with Crippen LogP contribution in [0.2, 0.25) is 0 Å². The molecule has 1 fully saturated rings. The SMILES string of the molecule is Cn1c(=O)cc(CC2CCNCC2)[nH]c1=O. The van der Waals surface area contributed by atoms with Crippen LogP contribution in [0.25, 0.3) is 0 Å². The molecule has 0 radical (unpaired) electrons. The van der Waals surface area contributed by atoms with Crippen LogP contribution in [-0.2, 0) is 13.5 Å². The van der Waals surface area contributed by atoms with Gasteiger partial charge in [-0.2, -0.15) is 0 Å². The standard InChI is InChI=1S/C11H17N3O2/c1-14-10(15)7-9(13-11(14)16)6-8-2-4-12-5-3-8/h7-8,12H,2-6H2,1H3,(H,13,16). The molecule has 2 heterocycles. The predicted octanol–water partition coefficient (Wildman–Crippen LogP) is -0.384. The Morgan fingerprint density at radius 3 is 2.69 bits per heavy atom. The van der Waals surface area contributed by atoms with Crippen molar-refractivity contribution >= 4 is 0 Å². The van der Waals surface area contributed by atoms with Crippen molar-refractivity contribution in [3.05, 3.63) is 32.6 Å². The fraction of sp³-hybridized carbons (Fsp3) is 0.636. The highest BCUT2D eigenvalue weighted by atomic mass is 16.2. The van der Waals surface area contributed by atoms with Crippen molar-refractivity contribution < 1.29 is 0 Å². The summed E-state index contributed by atoms with van der Waals surface area (Å²) < 4.78 is 1.09. The Kier molecular flexibility index (Phi) is 3.24. The second kappa shape index (κ2) is 4.65. The zero-order valence-corrected chi connectivity index (χ0v) is 9.45. The minimum Gasteiger partial charge on any atom is -0.317 e. The third-order valence-corrected chi connectivity index (χ3v) is 3.17. The lowest BCUT2D eigenvalue weighted by Crippen LogP contribution is -2.34. The summed E-state index contributed by atoms with van der Waals surface area (Å²) in [6.45, 7) is 2.06. The first-order chi connectivity index (χ1) is 7.66. The van der Waals surface area contributed by atoms with Gasteiger partial charge in [0.2, 0.25) is 0 Å². The molecule has 0 spiro atoms. The molecule has 2 rings (SSSR count). The van der Waals surface area contributed by atoms with Gasteiger partial charge in [0.15, 0.2) is 0 Å². The minimum atomic E-state index is -0.323. The lowest BCUT2D eigenvalue weighted by atomic mass is 9.93. The van der Waals surface area contributed by atoms with Gasteiger partial charge < -0.3 is 10.3 Å². The largest absolute Gasteiger partial charge is 0.328 e. The lowest BCUT2D eigenvalue weighted by molar-refractivity contribution is 0.369. The summed E-state index contributed by atoms with van der Waals surface area (Å²) in [5, 5.41) is 3.29. The third kappa shape index (κ3) is 2.41. The van der Waals surface area contributed by atoms with E-state index in [0.717, 1.165) is 42.6 Å². The van der Waals surface area contributed by atoms with Gasteiger partial charge in [0.25, 0.3) is 5.56 Å². The van der Waals surface area contributed by atoms with Gasteiger partial charge >= 0.3 is 5.69 Å². The van der Waals surface area contributed by atoms with Crippen LogP contribution < -0.4 is 16.6 Å². The maximum Gasteiger partial charge on any atom is 0.328 e. The maximum atomic E-state index is 11.4. The van der Waals surface area contributed by atoms with E-state index in [1.165, 1.54) is 13.1 Å². The van der Waals surface area contributed by atoms with E-state index in [0.29, 0.717) is 5.92 Å². The van der Waals surface area contributed by atoms with Crippen LogP contribution in [0, 0.1) is 5.92 Å². The van der Waals surface area contributed by atoms with Crippen LogP contribution in [0.15, 0.2) is 15.7 Å². The molecule has 88 valence electrons. The van der Waals surface area contributed by atoms with E-state index in [1.807, 2.05) is 0 Å². The minimum absolute atomic E-state index is 0.229. The Bertz CT molecular complexity index is 438. The van der Waals surface area contributed by atoms with Crippen molar-refractivity contribution in [2.45, 2.75) is 19.3 Å². The van der Waals surface area contributed by atoms with E-state index in [-0.39, 0.29) is 11.2 Å². The molecule has 0 saturated carbocycles. The number of hydrogen-bond acceptors (Lipinski definition) is 3. The zero-order chi connectivity index (χ0) is 11.5. The number of aromatic amines is 1. The average Bonchev–Trinajstić information content (AvgIpc) is 2.27. The molecule has 0 bridgehead atoms. The molecule has 1 saturated heterocycles. The van der Waals surface area contributed by atoms with Gasteiger partial charge in [0.05, 0.1) is 0 Å². The Hall–Kier alpha value is -1.36. The Morgan fingerprint density at radius 2 is 2.06 bits per heavy atom. The van der Waals surface area contributed by atoms with Crippen LogP contribution in [0.1, 0.15) is 18.5 Å². The Morgan fingerprint density at radius 1 is 1.38 bits per heavy atom. The highest BCUT2D eigenvalue weighted by Gasteiger charge is 2.14. The summed E-state index contributed by atoms with van der Waals surface area (Å²) in [5.74, 6) is 0.573. The molecule has 1 aliphatic heterocycles. The van der Waals surface area contributed by atoms with Crippen molar-refractivity contribution in [3.63, 3.8) is 0 Å². The van der Waals surface area contributed by atoms with Gasteiger partial charge in [0, 0.05) is 18.8 Å². The predicted molar refractivity (Wildman–Crippen MR) is 61.6 cm³/mol. The van der Waals surface area contributed by atoms with Crippen LogP contribution in [0.4, 0.5) is 0 Å². The van der Waals surface area contributed by atoms with E-state index in [1.54, 1.807) is 0 Å². The summed E-state index contributed by atoms with van der Waals surface area (Å²) in [5.41, 5.74) is 0.212. The highest BCUT2D eigenvalue weighted by molar-refractivity contribution is 5.01. The first-order valence-electron chi connectivity index (χ1n) is 5.67. The van der Waals surface area contributed by atoms with Crippen LogP contribution in [0.3, 0.4) is 0 Å². The number of rotatable bonds is 2. The second-order valence-electron chi connectivity index (χ2n) is 4.39. The maximum absolute atomic E-state index is 11.4. The van der Waals surface area contributed by atoms with E-state index >= 15 is 0 Å². The van der Waals surface area contributed by atoms with Crippen molar-refractivity contribution in [2.24, 2.45) is 13.0 Å². The van der Waals surface area contributed by atoms with Gasteiger partial charge in [-0.1, -0.05) is 0 Å². The number of nitrogens with one attached hydrogen (secondary N) is 2. The highest BCUT2D eigenvalue weighted by Crippen LogP contribution is 2.15. The molecule has 0 atom stereocenters. The summed E-state index contributed by atoms with van der Waals surface area (Å²) in [6.07, 6.45) is 3.02. The molecule has 2 N–H and O–H groups in total. The summed E-state index contributed by atoms with van der Waals surface area (Å²) in [6, 6.07) is 1.53. The number of piperidine rings is 1. The molecule has 5 nitrogen and oxygen atoms in total. The molecular formula is C11H17N3O2. The molecule has 16 heavy (non-hydrogen) atoms. The number of aromatic nitrogens is 2. The zero-order valence-electron chi connectivity index (χ0n) is 9.45. The normalized spacial score (nSPS) is 17.6. The van der Waals surface area contributed by atoms with Gasteiger partial charge in [-0.3, -0.25) is 9.36 Å². The third-order valence-electron chi connectivity index (χ3n) is 3.17. The molecule has 0 aromatic carbocycles. The second-order valence-corrected chi connectivity index (χ2v) is 4.39. The number of hydrogen-bond donors (Lipinski definition) is 2. The first kappa shape index (κ1) is 11.1. The first-order valence-corrected chi connectivity index (χ1v) is 5.67. The van der Waals surface area contributed by atoms with Crippen molar-refractivity contribution in [3.8, 4) is 0 Å². The quantitative estimate of drug-likeness (QED) is 0.718.